The fourth-order valence-corrected chi connectivity index (χ4v) is 4.74. The number of hydrogen-bond donors (Lipinski definition) is 1. The zero-order chi connectivity index (χ0) is 20.3. The van der Waals surface area contributed by atoms with E-state index in [2.05, 4.69) is 15.3 Å². The quantitative estimate of drug-likeness (QED) is 0.642. The lowest BCUT2D eigenvalue weighted by Crippen LogP contribution is -2.43. The van der Waals surface area contributed by atoms with E-state index in [1.165, 1.54) is 0 Å². The highest BCUT2D eigenvalue weighted by Gasteiger charge is 2.34. The van der Waals surface area contributed by atoms with Gasteiger partial charge in [-0.05, 0) is 38.8 Å². The maximum absolute atomic E-state index is 11.2. The molecule has 1 N–H and O–H groups in total. The summed E-state index contributed by atoms with van der Waals surface area (Å²) in [4.78, 5) is 10.9. The van der Waals surface area contributed by atoms with Gasteiger partial charge in [0.15, 0.2) is 5.75 Å². The van der Waals surface area contributed by atoms with Gasteiger partial charge in [-0.25, -0.2) is 9.97 Å². The molecule has 0 spiro atoms. The lowest BCUT2D eigenvalue weighted by Gasteiger charge is -2.38. The molecule has 2 saturated heterocycles. The number of piperidine rings is 2. The van der Waals surface area contributed by atoms with Crippen molar-refractivity contribution < 1.29 is 22.1 Å². The van der Waals surface area contributed by atoms with Crippen molar-refractivity contribution in [1.82, 2.24) is 15.3 Å². The first-order valence-electron chi connectivity index (χ1n) is 10.4. The third-order valence-electron chi connectivity index (χ3n) is 5.68. The van der Waals surface area contributed by atoms with Crippen molar-refractivity contribution in [3.05, 3.63) is 12.4 Å². The van der Waals surface area contributed by atoms with Crippen LogP contribution in [0.1, 0.15) is 38.5 Å². The Morgan fingerprint density at radius 2 is 1.62 bits per heavy atom. The average molecular weight is 427 g/mol. The van der Waals surface area contributed by atoms with E-state index in [1.807, 2.05) is 4.90 Å². The first kappa shape index (κ1) is 20.8. The second-order valence-corrected chi connectivity index (χ2v) is 9.72. The summed E-state index contributed by atoms with van der Waals surface area (Å²) in [5.74, 6) is 1.31. The molecule has 2 aliphatic heterocycles. The van der Waals surface area contributed by atoms with Gasteiger partial charge in [0.25, 0.3) is 10.1 Å². The molecule has 1 aromatic heterocycles. The van der Waals surface area contributed by atoms with Crippen LogP contribution in [0, 0.1) is 0 Å². The minimum atomic E-state index is -3.41. The van der Waals surface area contributed by atoms with Crippen molar-refractivity contribution in [1.29, 1.82) is 0 Å². The van der Waals surface area contributed by atoms with Crippen LogP contribution in [0.2, 0.25) is 0 Å². The molecule has 0 unspecified atom stereocenters. The molecule has 3 fully saturated rings. The van der Waals surface area contributed by atoms with Gasteiger partial charge in [0.2, 0.25) is 5.95 Å². The van der Waals surface area contributed by atoms with E-state index >= 15 is 0 Å². The SMILES string of the molecule is CS(=O)(=O)OC1CCN(c2ncc(O[C@H]3C[C@H](OC4CCNCC4)C3)cn2)CC1. The monoisotopic (exact) mass is 426 g/mol. The Kier molecular flexibility index (Phi) is 6.53. The summed E-state index contributed by atoms with van der Waals surface area (Å²) in [6.07, 6.45) is 10.4. The first-order valence-corrected chi connectivity index (χ1v) is 12.2. The summed E-state index contributed by atoms with van der Waals surface area (Å²) in [5, 5.41) is 3.35. The predicted molar refractivity (Wildman–Crippen MR) is 108 cm³/mol. The van der Waals surface area contributed by atoms with E-state index in [4.69, 9.17) is 13.7 Å². The maximum Gasteiger partial charge on any atom is 0.264 e. The molecule has 0 amide bonds. The van der Waals surface area contributed by atoms with Crippen LogP contribution in [0.4, 0.5) is 5.95 Å². The Labute approximate surface area is 172 Å². The van der Waals surface area contributed by atoms with E-state index in [1.54, 1.807) is 12.4 Å². The Balaban J connectivity index is 1.18. The number of nitrogens with one attached hydrogen (secondary N) is 1. The van der Waals surface area contributed by atoms with Gasteiger partial charge in [-0.15, -0.1) is 0 Å². The van der Waals surface area contributed by atoms with Crippen LogP contribution < -0.4 is 15.0 Å². The number of rotatable bonds is 7. The van der Waals surface area contributed by atoms with Crippen LogP contribution in [-0.4, -0.2) is 75.2 Å². The maximum atomic E-state index is 11.2. The molecule has 29 heavy (non-hydrogen) atoms. The third-order valence-corrected chi connectivity index (χ3v) is 6.30. The summed E-state index contributed by atoms with van der Waals surface area (Å²) in [6, 6.07) is 0. The van der Waals surface area contributed by atoms with Gasteiger partial charge >= 0.3 is 0 Å². The molecular formula is C19H30N4O5S. The summed E-state index contributed by atoms with van der Waals surface area (Å²) < 4.78 is 39.6. The number of nitrogens with zero attached hydrogens (tertiary/aromatic N) is 3. The highest BCUT2D eigenvalue weighted by molar-refractivity contribution is 7.86. The molecule has 9 nitrogen and oxygen atoms in total. The minimum absolute atomic E-state index is 0.167. The number of ether oxygens (including phenoxy) is 2. The standard InChI is InChI=1S/C19H30N4O5S/c1-29(24,25)28-15-4-8-23(9-5-15)19-21-12-18(13-22-19)27-17-10-16(11-17)26-14-2-6-20-7-3-14/h12-17,20H,2-11H2,1H3/t16-,17-. The molecule has 1 saturated carbocycles. The van der Waals surface area contributed by atoms with E-state index in [-0.39, 0.29) is 12.2 Å². The molecule has 3 aliphatic rings. The van der Waals surface area contributed by atoms with Crippen molar-refractivity contribution in [2.24, 2.45) is 0 Å². The summed E-state index contributed by atoms with van der Waals surface area (Å²) in [5.41, 5.74) is 0. The molecule has 10 heteroatoms. The number of aromatic nitrogens is 2. The van der Waals surface area contributed by atoms with Gasteiger partial charge in [0, 0.05) is 25.9 Å². The average Bonchev–Trinajstić information content (AvgIpc) is 2.67. The fraction of sp³-hybridized carbons (Fsp3) is 0.789. The molecule has 1 aliphatic carbocycles. The fourth-order valence-electron chi connectivity index (χ4n) is 4.05. The van der Waals surface area contributed by atoms with Crippen molar-refractivity contribution in [2.75, 3.05) is 37.3 Å². The summed E-state index contributed by atoms with van der Waals surface area (Å²) >= 11 is 0. The molecule has 0 radical (unpaired) electrons. The van der Waals surface area contributed by atoms with Crippen LogP contribution in [0.25, 0.3) is 0 Å². The van der Waals surface area contributed by atoms with E-state index in [0.717, 1.165) is 45.0 Å². The normalized spacial score (nSPS) is 26.9. The smallest absolute Gasteiger partial charge is 0.264 e. The lowest BCUT2D eigenvalue weighted by molar-refractivity contribution is -0.103. The number of hydrogen-bond acceptors (Lipinski definition) is 9. The van der Waals surface area contributed by atoms with Gasteiger partial charge in [0.1, 0.15) is 6.10 Å². The van der Waals surface area contributed by atoms with Crippen LogP contribution in [-0.2, 0) is 19.0 Å². The Morgan fingerprint density at radius 1 is 0.966 bits per heavy atom. The van der Waals surface area contributed by atoms with Gasteiger partial charge in [0.05, 0.1) is 37.0 Å². The molecule has 1 aromatic rings. The molecule has 3 heterocycles. The summed E-state index contributed by atoms with van der Waals surface area (Å²) in [6.45, 7) is 3.42. The van der Waals surface area contributed by atoms with E-state index < -0.39 is 10.1 Å². The molecule has 4 rings (SSSR count). The van der Waals surface area contributed by atoms with Crippen LogP contribution in [0.15, 0.2) is 12.4 Å². The lowest BCUT2D eigenvalue weighted by atomic mass is 9.91. The molecule has 0 bridgehead atoms. The highest BCUT2D eigenvalue weighted by atomic mass is 32.2. The number of anilines is 1. The van der Waals surface area contributed by atoms with Crippen molar-refractivity contribution >= 4 is 16.1 Å². The molecule has 162 valence electrons. The van der Waals surface area contributed by atoms with Crippen molar-refractivity contribution in [3.63, 3.8) is 0 Å². The second kappa shape index (κ2) is 9.11. The van der Waals surface area contributed by atoms with Gasteiger partial charge in [-0.1, -0.05) is 0 Å². The van der Waals surface area contributed by atoms with Crippen LogP contribution in [0.5, 0.6) is 5.75 Å². The first-order chi connectivity index (χ1) is 13.9. The Hall–Kier alpha value is -1.49. The van der Waals surface area contributed by atoms with Gasteiger partial charge < -0.3 is 19.7 Å². The minimum Gasteiger partial charge on any atom is -0.487 e. The molecule has 0 atom stereocenters. The summed E-state index contributed by atoms with van der Waals surface area (Å²) in [7, 11) is -3.41. The third kappa shape index (κ3) is 6.00. The molecule has 0 aromatic carbocycles. The Bertz CT molecular complexity index is 755. The highest BCUT2D eigenvalue weighted by Crippen LogP contribution is 2.30. The van der Waals surface area contributed by atoms with Gasteiger partial charge in [-0.3, -0.25) is 4.18 Å². The van der Waals surface area contributed by atoms with Crippen molar-refractivity contribution in [2.45, 2.75) is 62.9 Å². The van der Waals surface area contributed by atoms with Crippen LogP contribution >= 0.6 is 0 Å². The van der Waals surface area contributed by atoms with E-state index in [0.29, 0.717) is 49.8 Å². The zero-order valence-corrected chi connectivity index (χ0v) is 17.6. The van der Waals surface area contributed by atoms with Gasteiger partial charge in [-0.2, -0.15) is 8.42 Å². The largest absolute Gasteiger partial charge is 0.487 e. The topological polar surface area (TPSA) is 103 Å². The zero-order valence-electron chi connectivity index (χ0n) is 16.8. The predicted octanol–water partition coefficient (Wildman–Crippen LogP) is 1.10. The second-order valence-electron chi connectivity index (χ2n) is 8.12. The Morgan fingerprint density at radius 3 is 2.24 bits per heavy atom. The van der Waals surface area contributed by atoms with E-state index in [9.17, 15) is 8.42 Å². The molecular weight excluding hydrogens is 396 g/mol. The van der Waals surface area contributed by atoms with Crippen molar-refractivity contribution in [3.8, 4) is 5.75 Å². The van der Waals surface area contributed by atoms with Crippen LogP contribution in [0.3, 0.4) is 0 Å².